The summed E-state index contributed by atoms with van der Waals surface area (Å²) in [5, 5.41) is 3.19. The number of ether oxygens (including phenoxy) is 1. The van der Waals surface area contributed by atoms with Crippen LogP contribution in [0.15, 0.2) is 58.3 Å². The lowest BCUT2D eigenvalue weighted by Gasteiger charge is -2.37. The molecule has 1 heterocycles. The predicted octanol–water partition coefficient (Wildman–Crippen LogP) is 4.01. The lowest BCUT2D eigenvalue weighted by molar-refractivity contribution is 0.0240. The van der Waals surface area contributed by atoms with Crippen molar-refractivity contribution in [2.75, 3.05) is 42.9 Å². The number of amides is 1. The summed E-state index contributed by atoms with van der Waals surface area (Å²) in [5.74, 6) is 0. The molecule has 3 rings (SSSR count). The van der Waals surface area contributed by atoms with E-state index in [-0.39, 0.29) is 15.9 Å². The fourth-order valence-electron chi connectivity index (χ4n) is 3.48. The van der Waals surface area contributed by atoms with E-state index in [0.29, 0.717) is 38.4 Å². The third-order valence-corrected chi connectivity index (χ3v) is 6.80. The predicted molar refractivity (Wildman–Crippen MR) is 123 cm³/mol. The number of piperazine rings is 1. The van der Waals surface area contributed by atoms with E-state index in [2.05, 4.69) is 10.2 Å². The molecule has 0 aliphatic carbocycles. The number of benzene rings is 2. The first kappa shape index (κ1) is 22.9. The Kier molecular flexibility index (Phi) is 6.79. The summed E-state index contributed by atoms with van der Waals surface area (Å²) in [5.41, 5.74) is 0.986. The minimum Gasteiger partial charge on any atom is -0.444 e. The van der Waals surface area contributed by atoms with Gasteiger partial charge in [0, 0.05) is 38.4 Å². The summed E-state index contributed by atoms with van der Waals surface area (Å²) >= 11 is 0. The topological polar surface area (TPSA) is 79.0 Å². The number of anilines is 2. The molecule has 0 unspecified atom stereocenters. The molecule has 1 aliphatic heterocycles. The summed E-state index contributed by atoms with van der Waals surface area (Å²) in [7, 11) is -3.63. The van der Waals surface area contributed by atoms with Crippen LogP contribution >= 0.6 is 0 Å². The third kappa shape index (κ3) is 5.50. The van der Waals surface area contributed by atoms with Crippen molar-refractivity contribution in [1.29, 1.82) is 0 Å². The minimum absolute atomic E-state index is 0.261. The molecule has 2 aromatic rings. The average molecular weight is 446 g/mol. The Morgan fingerprint density at radius 1 is 1.03 bits per heavy atom. The highest BCUT2D eigenvalue weighted by Crippen LogP contribution is 2.32. The van der Waals surface area contributed by atoms with E-state index in [1.807, 2.05) is 39.8 Å². The number of hydrogen-bond donors (Lipinski definition) is 1. The van der Waals surface area contributed by atoms with Gasteiger partial charge in [-0.2, -0.15) is 0 Å². The second kappa shape index (κ2) is 9.18. The average Bonchev–Trinajstić information content (AvgIpc) is 2.73. The van der Waals surface area contributed by atoms with Crippen LogP contribution in [0.3, 0.4) is 0 Å². The van der Waals surface area contributed by atoms with E-state index in [4.69, 9.17) is 4.74 Å². The molecule has 0 bridgehead atoms. The van der Waals surface area contributed by atoms with Crippen molar-refractivity contribution in [3.63, 3.8) is 0 Å². The van der Waals surface area contributed by atoms with Crippen LogP contribution < -0.4 is 10.2 Å². The smallest absolute Gasteiger partial charge is 0.410 e. The van der Waals surface area contributed by atoms with Gasteiger partial charge in [-0.05, 0) is 58.0 Å². The normalized spacial score (nSPS) is 15.0. The largest absolute Gasteiger partial charge is 0.444 e. The van der Waals surface area contributed by atoms with Gasteiger partial charge in [0.1, 0.15) is 5.60 Å². The molecule has 0 radical (unpaired) electrons. The van der Waals surface area contributed by atoms with Gasteiger partial charge in [-0.3, -0.25) is 0 Å². The third-order valence-electron chi connectivity index (χ3n) is 4.97. The highest BCUT2D eigenvalue weighted by atomic mass is 32.2. The Hall–Kier alpha value is -2.74. The highest BCUT2D eigenvalue weighted by molar-refractivity contribution is 7.91. The first-order valence-corrected chi connectivity index (χ1v) is 12.0. The maximum Gasteiger partial charge on any atom is 0.410 e. The molecular weight excluding hydrogens is 414 g/mol. The Morgan fingerprint density at radius 3 is 2.26 bits per heavy atom. The fraction of sp³-hybridized carbons (Fsp3) is 0.435. The lowest BCUT2D eigenvalue weighted by Crippen LogP contribution is -2.50. The summed E-state index contributed by atoms with van der Waals surface area (Å²) < 4.78 is 31.7. The zero-order valence-corrected chi connectivity index (χ0v) is 19.4. The van der Waals surface area contributed by atoms with Crippen molar-refractivity contribution in [3.8, 4) is 0 Å². The molecule has 0 saturated carbocycles. The van der Waals surface area contributed by atoms with Crippen LogP contribution in [0.4, 0.5) is 16.2 Å². The van der Waals surface area contributed by atoms with E-state index in [0.717, 1.165) is 5.69 Å². The van der Waals surface area contributed by atoms with E-state index in [9.17, 15) is 13.2 Å². The molecule has 1 amide bonds. The van der Waals surface area contributed by atoms with Crippen molar-refractivity contribution in [3.05, 3.63) is 48.5 Å². The standard InChI is InChI=1S/C23H31N3O4S/c1-5-24-20-17-18(11-12-21(20)31(28,29)19-9-7-6-8-10-19)25-13-15-26(16-14-25)22(27)30-23(2,3)4/h6-12,17,24H,5,13-16H2,1-4H3. The van der Waals surface area contributed by atoms with Gasteiger partial charge < -0.3 is 19.9 Å². The second-order valence-corrected chi connectivity index (χ2v) is 10.4. The summed E-state index contributed by atoms with van der Waals surface area (Å²) in [6.45, 7) is 10.5. The van der Waals surface area contributed by atoms with E-state index in [1.54, 1.807) is 41.3 Å². The van der Waals surface area contributed by atoms with Crippen LogP contribution in [-0.4, -0.2) is 57.7 Å². The zero-order valence-electron chi connectivity index (χ0n) is 18.6. The van der Waals surface area contributed by atoms with Gasteiger partial charge in [-0.1, -0.05) is 18.2 Å². The molecule has 0 spiro atoms. The van der Waals surface area contributed by atoms with Crippen molar-refractivity contribution >= 4 is 27.3 Å². The molecule has 8 heteroatoms. The monoisotopic (exact) mass is 445 g/mol. The SMILES string of the molecule is CCNc1cc(N2CCN(C(=O)OC(C)(C)C)CC2)ccc1S(=O)(=O)c1ccccc1. The molecule has 1 saturated heterocycles. The Bertz CT molecular complexity index is 1010. The summed E-state index contributed by atoms with van der Waals surface area (Å²) in [6, 6.07) is 13.8. The Balaban J connectivity index is 1.79. The molecular formula is C23H31N3O4S. The van der Waals surface area contributed by atoms with Crippen LogP contribution in [-0.2, 0) is 14.6 Å². The molecule has 1 fully saturated rings. The molecule has 7 nitrogen and oxygen atoms in total. The number of sulfone groups is 1. The van der Waals surface area contributed by atoms with Crippen LogP contribution in [0.2, 0.25) is 0 Å². The fourth-order valence-corrected chi connectivity index (χ4v) is 4.92. The van der Waals surface area contributed by atoms with Gasteiger partial charge in [0.25, 0.3) is 0 Å². The zero-order chi connectivity index (χ0) is 22.6. The van der Waals surface area contributed by atoms with Crippen LogP contribution in [0.5, 0.6) is 0 Å². The molecule has 1 N–H and O–H groups in total. The van der Waals surface area contributed by atoms with Gasteiger partial charge in [0.05, 0.1) is 15.5 Å². The molecule has 0 aromatic heterocycles. The number of carbonyl (C=O) groups is 1. The van der Waals surface area contributed by atoms with Crippen LogP contribution in [0.25, 0.3) is 0 Å². The van der Waals surface area contributed by atoms with E-state index in [1.165, 1.54) is 0 Å². The Morgan fingerprint density at radius 2 is 1.68 bits per heavy atom. The molecule has 1 aliphatic rings. The summed E-state index contributed by atoms with van der Waals surface area (Å²) in [6.07, 6.45) is -0.301. The minimum atomic E-state index is -3.63. The molecule has 0 atom stereocenters. The van der Waals surface area contributed by atoms with Crippen LogP contribution in [0, 0.1) is 0 Å². The van der Waals surface area contributed by atoms with Gasteiger partial charge >= 0.3 is 6.09 Å². The quantitative estimate of drug-likeness (QED) is 0.749. The Labute approximate surface area is 184 Å². The summed E-state index contributed by atoms with van der Waals surface area (Å²) in [4.78, 5) is 16.7. The number of nitrogens with zero attached hydrogens (tertiary/aromatic N) is 2. The van der Waals surface area contributed by atoms with Crippen molar-refractivity contribution in [1.82, 2.24) is 4.90 Å². The molecule has 168 valence electrons. The van der Waals surface area contributed by atoms with E-state index < -0.39 is 15.4 Å². The number of nitrogens with one attached hydrogen (secondary N) is 1. The highest BCUT2D eigenvalue weighted by Gasteiger charge is 2.27. The van der Waals surface area contributed by atoms with Crippen LogP contribution in [0.1, 0.15) is 27.7 Å². The maximum absolute atomic E-state index is 13.1. The van der Waals surface area contributed by atoms with Gasteiger partial charge in [0.2, 0.25) is 9.84 Å². The molecule has 31 heavy (non-hydrogen) atoms. The van der Waals surface area contributed by atoms with Crippen molar-refractivity contribution in [2.45, 2.75) is 43.1 Å². The van der Waals surface area contributed by atoms with Gasteiger partial charge in [0.15, 0.2) is 0 Å². The second-order valence-electron chi connectivity index (χ2n) is 8.48. The number of carbonyl (C=O) groups excluding carboxylic acids is 1. The van der Waals surface area contributed by atoms with Crippen molar-refractivity contribution < 1.29 is 17.9 Å². The van der Waals surface area contributed by atoms with E-state index >= 15 is 0 Å². The number of rotatable bonds is 5. The lowest BCUT2D eigenvalue weighted by atomic mass is 10.2. The van der Waals surface area contributed by atoms with Gasteiger partial charge in [-0.25, -0.2) is 13.2 Å². The molecule has 2 aromatic carbocycles. The maximum atomic E-state index is 13.1. The van der Waals surface area contributed by atoms with Crippen molar-refractivity contribution in [2.24, 2.45) is 0 Å². The number of hydrogen-bond acceptors (Lipinski definition) is 6. The van der Waals surface area contributed by atoms with Gasteiger partial charge in [-0.15, -0.1) is 0 Å². The first-order valence-electron chi connectivity index (χ1n) is 10.5. The first-order chi connectivity index (χ1) is 14.6.